The Balaban J connectivity index is 1.50. The molecule has 0 atom stereocenters. The van der Waals surface area contributed by atoms with E-state index in [0.717, 1.165) is 6.42 Å². The summed E-state index contributed by atoms with van der Waals surface area (Å²) in [6.45, 7) is 1.34. The molecule has 0 saturated carbocycles. The predicted octanol–water partition coefficient (Wildman–Crippen LogP) is 4.20. The summed E-state index contributed by atoms with van der Waals surface area (Å²) in [5.74, 6) is -0.164. The van der Waals surface area contributed by atoms with Crippen LogP contribution in [-0.4, -0.2) is 23.3 Å². The van der Waals surface area contributed by atoms with Gasteiger partial charge in [-0.25, -0.2) is 0 Å². The minimum absolute atomic E-state index is 0.00766. The average Bonchev–Trinajstić information content (AvgIpc) is 3.22. The first-order valence-electron chi connectivity index (χ1n) is 8.52. The van der Waals surface area contributed by atoms with Crippen LogP contribution in [0.5, 0.6) is 0 Å². The molecule has 130 valence electrons. The molecule has 26 heavy (non-hydrogen) atoms. The van der Waals surface area contributed by atoms with Crippen molar-refractivity contribution in [2.45, 2.75) is 13.0 Å². The number of carbonyl (C=O) groups excluding carboxylic acids is 2. The standard InChI is InChI=1S/C21H18N2O2S/c24-20(19-9-4-12-26-19)22-18-8-3-7-16(13-18)21(25)23-11-10-15-5-1-2-6-17(15)14-23/h1-9,12-13H,10-11,14H2,(H,22,24). The summed E-state index contributed by atoms with van der Waals surface area (Å²) >= 11 is 1.39. The van der Waals surface area contributed by atoms with Gasteiger partial charge in [0.2, 0.25) is 0 Å². The lowest BCUT2D eigenvalue weighted by atomic mass is 9.99. The second kappa shape index (κ2) is 7.14. The molecule has 5 heteroatoms. The molecule has 4 nitrogen and oxygen atoms in total. The highest BCUT2D eigenvalue weighted by atomic mass is 32.1. The van der Waals surface area contributed by atoms with Crippen molar-refractivity contribution in [1.29, 1.82) is 0 Å². The molecular formula is C21H18N2O2S. The quantitative estimate of drug-likeness (QED) is 0.759. The van der Waals surface area contributed by atoms with Gasteiger partial charge in [0, 0.05) is 24.3 Å². The van der Waals surface area contributed by atoms with E-state index in [1.165, 1.54) is 22.5 Å². The van der Waals surface area contributed by atoms with Gasteiger partial charge in [-0.05, 0) is 47.2 Å². The van der Waals surface area contributed by atoms with Gasteiger partial charge in [-0.2, -0.15) is 0 Å². The van der Waals surface area contributed by atoms with Gasteiger partial charge in [0.15, 0.2) is 0 Å². The molecule has 1 aromatic heterocycles. The molecule has 2 heterocycles. The number of fused-ring (bicyclic) bond motifs is 1. The molecule has 2 aromatic carbocycles. The largest absolute Gasteiger partial charge is 0.334 e. The van der Waals surface area contributed by atoms with Crippen molar-refractivity contribution in [2.75, 3.05) is 11.9 Å². The zero-order chi connectivity index (χ0) is 17.9. The summed E-state index contributed by atoms with van der Waals surface area (Å²) < 4.78 is 0. The molecule has 3 aromatic rings. The van der Waals surface area contributed by atoms with Crippen LogP contribution in [0.3, 0.4) is 0 Å². The molecule has 2 amide bonds. The van der Waals surface area contributed by atoms with Gasteiger partial charge >= 0.3 is 0 Å². The summed E-state index contributed by atoms with van der Waals surface area (Å²) in [5.41, 5.74) is 3.74. The van der Waals surface area contributed by atoms with Crippen LogP contribution in [0.2, 0.25) is 0 Å². The Hall–Kier alpha value is -2.92. The van der Waals surface area contributed by atoms with Crippen LogP contribution in [-0.2, 0) is 13.0 Å². The summed E-state index contributed by atoms with van der Waals surface area (Å²) in [5, 5.41) is 4.72. The molecule has 0 spiro atoms. The van der Waals surface area contributed by atoms with Crippen LogP contribution >= 0.6 is 11.3 Å². The van der Waals surface area contributed by atoms with Crippen molar-refractivity contribution in [2.24, 2.45) is 0 Å². The van der Waals surface area contributed by atoms with Crippen LogP contribution in [0.1, 0.15) is 31.2 Å². The Bertz CT molecular complexity index is 950. The van der Waals surface area contributed by atoms with Gasteiger partial charge in [-0.1, -0.05) is 36.4 Å². The van der Waals surface area contributed by atoms with Crippen molar-refractivity contribution in [3.63, 3.8) is 0 Å². The third-order valence-corrected chi connectivity index (χ3v) is 5.40. The van der Waals surface area contributed by atoms with Gasteiger partial charge in [0.1, 0.15) is 0 Å². The van der Waals surface area contributed by atoms with E-state index in [4.69, 9.17) is 0 Å². The maximum absolute atomic E-state index is 12.9. The Morgan fingerprint density at radius 3 is 2.62 bits per heavy atom. The number of anilines is 1. The Morgan fingerprint density at radius 2 is 1.81 bits per heavy atom. The normalized spacial score (nSPS) is 13.2. The summed E-state index contributed by atoms with van der Waals surface area (Å²) in [6.07, 6.45) is 0.872. The van der Waals surface area contributed by atoms with E-state index in [2.05, 4.69) is 17.4 Å². The highest BCUT2D eigenvalue weighted by molar-refractivity contribution is 7.12. The average molecular weight is 362 g/mol. The number of hydrogen-bond donors (Lipinski definition) is 1. The third kappa shape index (κ3) is 3.39. The van der Waals surface area contributed by atoms with Crippen molar-refractivity contribution < 1.29 is 9.59 Å². The smallest absolute Gasteiger partial charge is 0.265 e. The number of thiophene rings is 1. The second-order valence-corrected chi connectivity index (χ2v) is 7.21. The summed E-state index contributed by atoms with van der Waals surface area (Å²) in [6, 6.07) is 19.0. The molecule has 0 fully saturated rings. The maximum atomic E-state index is 12.9. The molecular weight excluding hydrogens is 344 g/mol. The lowest BCUT2D eigenvalue weighted by Gasteiger charge is -2.29. The monoisotopic (exact) mass is 362 g/mol. The van der Waals surface area contributed by atoms with Crippen molar-refractivity contribution >= 4 is 28.8 Å². The lowest BCUT2D eigenvalue weighted by Crippen LogP contribution is -2.35. The van der Waals surface area contributed by atoms with Crippen LogP contribution < -0.4 is 5.32 Å². The van der Waals surface area contributed by atoms with Gasteiger partial charge in [-0.15, -0.1) is 11.3 Å². The molecule has 0 saturated heterocycles. The zero-order valence-electron chi connectivity index (χ0n) is 14.1. The molecule has 0 radical (unpaired) electrons. The number of benzene rings is 2. The zero-order valence-corrected chi connectivity index (χ0v) is 15.0. The van der Waals surface area contributed by atoms with E-state index in [9.17, 15) is 9.59 Å². The first kappa shape index (κ1) is 16.5. The number of amides is 2. The number of nitrogens with zero attached hydrogens (tertiary/aromatic N) is 1. The highest BCUT2D eigenvalue weighted by Crippen LogP contribution is 2.21. The summed E-state index contributed by atoms with van der Waals surface area (Å²) in [4.78, 5) is 27.6. The minimum atomic E-state index is -0.156. The third-order valence-electron chi connectivity index (χ3n) is 4.53. The minimum Gasteiger partial charge on any atom is -0.334 e. The first-order valence-corrected chi connectivity index (χ1v) is 9.39. The molecule has 0 unspecified atom stereocenters. The SMILES string of the molecule is O=C(Nc1cccc(C(=O)N2CCc3ccccc3C2)c1)c1cccs1. The van der Waals surface area contributed by atoms with Crippen LogP contribution in [0.15, 0.2) is 66.0 Å². The van der Waals surface area contributed by atoms with E-state index in [0.29, 0.717) is 29.2 Å². The van der Waals surface area contributed by atoms with Gasteiger partial charge in [0.05, 0.1) is 4.88 Å². The summed E-state index contributed by atoms with van der Waals surface area (Å²) in [7, 11) is 0. The van der Waals surface area contributed by atoms with Crippen molar-refractivity contribution in [3.05, 3.63) is 87.6 Å². The lowest BCUT2D eigenvalue weighted by molar-refractivity contribution is 0.0734. The number of hydrogen-bond acceptors (Lipinski definition) is 3. The fraction of sp³-hybridized carbons (Fsp3) is 0.143. The number of rotatable bonds is 3. The molecule has 1 aliphatic rings. The number of carbonyl (C=O) groups is 2. The Morgan fingerprint density at radius 1 is 0.962 bits per heavy atom. The molecule has 4 rings (SSSR count). The van der Waals surface area contributed by atoms with E-state index in [-0.39, 0.29) is 11.8 Å². The van der Waals surface area contributed by atoms with Gasteiger partial charge in [-0.3, -0.25) is 9.59 Å². The van der Waals surface area contributed by atoms with Gasteiger partial charge in [0.25, 0.3) is 11.8 Å². The van der Waals surface area contributed by atoms with Gasteiger partial charge < -0.3 is 10.2 Å². The number of nitrogens with one attached hydrogen (secondary N) is 1. The van der Waals surface area contributed by atoms with Crippen LogP contribution in [0.25, 0.3) is 0 Å². The van der Waals surface area contributed by atoms with Crippen molar-refractivity contribution in [1.82, 2.24) is 4.90 Å². The first-order chi connectivity index (χ1) is 12.7. The van der Waals surface area contributed by atoms with E-state index < -0.39 is 0 Å². The fourth-order valence-corrected chi connectivity index (χ4v) is 3.80. The van der Waals surface area contributed by atoms with E-state index in [1.807, 2.05) is 28.5 Å². The van der Waals surface area contributed by atoms with E-state index >= 15 is 0 Å². The highest BCUT2D eigenvalue weighted by Gasteiger charge is 2.21. The fourth-order valence-electron chi connectivity index (χ4n) is 3.18. The molecule has 1 aliphatic heterocycles. The van der Waals surface area contributed by atoms with E-state index in [1.54, 1.807) is 30.3 Å². The Kier molecular flexibility index (Phi) is 4.54. The second-order valence-electron chi connectivity index (χ2n) is 6.26. The molecule has 0 bridgehead atoms. The van der Waals surface area contributed by atoms with Crippen LogP contribution in [0, 0.1) is 0 Å². The Labute approximate surface area is 156 Å². The molecule has 1 N–H and O–H groups in total. The van der Waals surface area contributed by atoms with Crippen molar-refractivity contribution in [3.8, 4) is 0 Å². The van der Waals surface area contributed by atoms with Crippen LogP contribution in [0.4, 0.5) is 5.69 Å². The maximum Gasteiger partial charge on any atom is 0.265 e. The molecule has 0 aliphatic carbocycles. The predicted molar refractivity (Wildman–Crippen MR) is 104 cm³/mol. The topological polar surface area (TPSA) is 49.4 Å².